The number of halogens is 6. The molecule has 1 aromatic carbocycles. The Morgan fingerprint density at radius 2 is 1.32 bits per heavy atom. The average Bonchev–Trinajstić information content (AvgIpc) is 2.42. The Hall–Kier alpha value is -1.24. The van der Waals surface area contributed by atoms with Crippen molar-refractivity contribution in [2.75, 3.05) is 0 Å². The highest BCUT2D eigenvalue weighted by molar-refractivity contribution is 5.32. The summed E-state index contributed by atoms with van der Waals surface area (Å²) in [4.78, 5) is 0. The standard InChI is InChI=1S/C18H24F6O/c1-5-6-13(11-15(2,3)4)12-7-9-14(10-8-12)16(25,17(19,20)21)18(22,23)24/h7-10,13,25H,5-6,11H2,1-4H3. The van der Waals surface area contributed by atoms with Crippen molar-refractivity contribution in [3.05, 3.63) is 35.4 Å². The van der Waals surface area contributed by atoms with Crippen LogP contribution in [0, 0.1) is 5.41 Å². The molecule has 0 saturated carbocycles. The average molecular weight is 370 g/mol. The maximum absolute atomic E-state index is 12.9. The highest BCUT2D eigenvalue weighted by Gasteiger charge is 2.71. The second-order valence-electron chi connectivity index (χ2n) is 7.58. The van der Waals surface area contributed by atoms with Gasteiger partial charge in [0.15, 0.2) is 0 Å². The molecule has 0 aliphatic rings. The second-order valence-corrected chi connectivity index (χ2v) is 7.58. The maximum Gasteiger partial charge on any atom is 0.430 e. The minimum atomic E-state index is -5.86. The molecule has 0 bridgehead atoms. The zero-order chi connectivity index (χ0) is 19.7. The molecule has 0 aromatic heterocycles. The second kappa shape index (κ2) is 7.17. The SMILES string of the molecule is CCCC(CC(C)(C)C)c1ccc(C(O)(C(F)(F)F)C(F)(F)F)cc1. The van der Waals surface area contributed by atoms with E-state index in [1.54, 1.807) is 0 Å². The number of benzene rings is 1. The summed E-state index contributed by atoms with van der Waals surface area (Å²) in [6.45, 7) is 8.04. The predicted octanol–water partition coefficient (Wildman–Crippen LogP) is 6.32. The van der Waals surface area contributed by atoms with E-state index in [0.29, 0.717) is 5.56 Å². The molecule has 1 aromatic rings. The van der Waals surface area contributed by atoms with Crippen LogP contribution in [0.1, 0.15) is 64.0 Å². The first kappa shape index (κ1) is 21.8. The van der Waals surface area contributed by atoms with E-state index in [1.807, 2.05) is 27.7 Å². The molecule has 1 N–H and O–H groups in total. The summed E-state index contributed by atoms with van der Waals surface area (Å²) in [5, 5.41) is 9.42. The van der Waals surface area contributed by atoms with Gasteiger partial charge in [-0.2, -0.15) is 26.3 Å². The summed E-state index contributed by atoms with van der Waals surface area (Å²) >= 11 is 0. The molecule has 7 heteroatoms. The third kappa shape index (κ3) is 4.90. The van der Waals surface area contributed by atoms with E-state index in [0.717, 1.165) is 31.4 Å². The van der Waals surface area contributed by atoms with Gasteiger partial charge in [-0.15, -0.1) is 0 Å². The highest BCUT2D eigenvalue weighted by Crippen LogP contribution is 2.50. The molecule has 0 fully saturated rings. The fourth-order valence-corrected chi connectivity index (χ4v) is 2.96. The molecule has 0 aliphatic heterocycles. The van der Waals surface area contributed by atoms with Crippen molar-refractivity contribution >= 4 is 0 Å². The summed E-state index contributed by atoms with van der Waals surface area (Å²) in [6.07, 6.45) is -9.35. The third-order valence-corrected chi connectivity index (χ3v) is 4.12. The van der Waals surface area contributed by atoms with Crippen LogP contribution in [0.4, 0.5) is 26.3 Å². The minimum absolute atomic E-state index is 0.0306. The van der Waals surface area contributed by atoms with E-state index in [2.05, 4.69) is 0 Å². The van der Waals surface area contributed by atoms with Crippen molar-refractivity contribution < 1.29 is 31.4 Å². The largest absolute Gasteiger partial charge is 0.430 e. The number of alkyl halides is 6. The fourth-order valence-electron chi connectivity index (χ4n) is 2.96. The van der Waals surface area contributed by atoms with Gasteiger partial charge in [-0.05, 0) is 29.7 Å². The van der Waals surface area contributed by atoms with Gasteiger partial charge in [0, 0.05) is 5.56 Å². The molecule has 0 saturated heterocycles. The lowest BCUT2D eigenvalue weighted by Crippen LogP contribution is -2.53. The van der Waals surface area contributed by atoms with Gasteiger partial charge in [0.1, 0.15) is 0 Å². The van der Waals surface area contributed by atoms with Crippen LogP contribution in [0.2, 0.25) is 0 Å². The van der Waals surface area contributed by atoms with Gasteiger partial charge in [0.2, 0.25) is 0 Å². The van der Waals surface area contributed by atoms with Crippen molar-refractivity contribution in [2.24, 2.45) is 5.41 Å². The van der Waals surface area contributed by atoms with Crippen LogP contribution in [-0.4, -0.2) is 17.5 Å². The Balaban J connectivity index is 3.27. The first-order valence-corrected chi connectivity index (χ1v) is 8.09. The lowest BCUT2D eigenvalue weighted by atomic mass is 9.79. The van der Waals surface area contributed by atoms with Crippen LogP contribution >= 0.6 is 0 Å². The van der Waals surface area contributed by atoms with Crippen molar-refractivity contribution in [3.8, 4) is 0 Å². The molecule has 1 unspecified atom stereocenters. The molecule has 0 radical (unpaired) electrons. The summed E-state index contributed by atoms with van der Waals surface area (Å²) in [6, 6.07) is 3.96. The van der Waals surface area contributed by atoms with Crippen LogP contribution < -0.4 is 0 Å². The minimum Gasteiger partial charge on any atom is -0.369 e. The monoisotopic (exact) mass is 370 g/mol. The normalized spacial score (nSPS) is 15.3. The molecular weight excluding hydrogens is 346 g/mol. The summed E-state index contributed by atoms with van der Waals surface area (Å²) in [5.41, 5.74) is -5.45. The predicted molar refractivity (Wildman–Crippen MR) is 84.2 cm³/mol. The Bertz CT molecular complexity index is 537. The van der Waals surface area contributed by atoms with Crippen molar-refractivity contribution in [1.29, 1.82) is 0 Å². The van der Waals surface area contributed by atoms with Crippen LogP contribution in [0.3, 0.4) is 0 Å². The van der Waals surface area contributed by atoms with E-state index in [1.165, 1.54) is 12.1 Å². The molecular formula is C18H24F6O. The van der Waals surface area contributed by atoms with Crippen LogP contribution in [-0.2, 0) is 5.60 Å². The number of hydrogen-bond donors (Lipinski definition) is 1. The van der Waals surface area contributed by atoms with Crippen LogP contribution in [0.25, 0.3) is 0 Å². The quantitative estimate of drug-likeness (QED) is 0.602. The van der Waals surface area contributed by atoms with E-state index < -0.39 is 23.5 Å². The van der Waals surface area contributed by atoms with Gasteiger partial charge < -0.3 is 5.11 Å². The van der Waals surface area contributed by atoms with Gasteiger partial charge in [0.05, 0.1) is 0 Å². The van der Waals surface area contributed by atoms with Crippen molar-refractivity contribution in [3.63, 3.8) is 0 Å². The number of hydrogen-bond acceptors (Lipinski definition) is 1. The number of rotatable bonds is 5. The molecule has 0 aliphatic carbocycles. The summed E-state index contributed by atoms with van der Waals surface area (Å²) < 4.78 is 77.5. The van der Waals surface area contributed by atoms with Crippen molar-refractivity contribution in [1.82, 2.24) is 0 Å². The lowest BCUT2D eigenvalue weighted by molar-refractivity contribution is -0.376. The third-order valence-electron chi connectivity index (χ3n) is 4.12. The summed E-state index contributed by atoms with van der Waals surface area (Å²) in [7, 11) is 0. The Kier molecular flexibility index (Phi) is 6.26. The molecule has 0 amide bonds. The van der Waals surface area contributed by atoms with Gasteiger partial charge in [-0.1, -0.05) is 58.4 Å². The zero-order valence-electron chi connectivity index (χ0n) is 14.7. The molecule has 144 valence electrons. The molecule has 1 rings (SSSR count). The lowest BCUT2D eigenvalue weighted by Gasteiger charge is -2.33. The van der Waals surface area contributed by atoms with E-state index >= 15 is 0 Å². The Labute approximate surface area is 144 Å². The fraction of sp³-hybridized carbons (Fsp3) is 0.667. The van der Waals surface area contributed by atoms with Gasteiger partial charge in [-0.3, -0.25) is 0 Å². The van der Waals surface area contributed by atoms with Gasteiger partial charge >= 0.3 is 12.4 Å². The Morgan fingerprint density at radius 3 is 1.64 bits per heavy atom. The molecule has 0 spiro atoms. The summed E-state index contributed by atoms with van der Waals surface area (Å²) in [5.74, 6) is 0.0314. The van der Waals surface area contributed by atoms with E-state index in [4.69, 9.17) is 0 Å². The Morgan fingerprint density at radius 1 is 0.880 bits per heavy atom. The zero-order valence-corrected chi connectivity index (χ0v) is 14.7. The maximum atomic E-state index is 12.9. The molecule has 0 heterocycles. The van der Waals surface area contributed by atoms with Crippen LogP contribution in [0.5, 0.6) is 0 Å². The highest BCUT2D eigenvalue weighted by atomic mass is 19.4. The van der Waals surface area contributed by atoms with Crippen LogP contribution in [0.15, 0.2) is 24.3 Å². The van der Waals surface area contributed by atoms with Crippen molar-refractivity contribution in [2.45, 2.75) is 70.8 Å². The smallest absolute Gasteiger partial charge is 0.369 e. The first-order valence-electron chi connectivity index (χ1n) is 8.09. The molecule has 25 heavy (non-hydrogen) atoms. The first-order chi connectivity index (χ1) is 11.1. The van der Waals surface area contributed by atoms with Gasteiger partial charge in [0.25, 0.3) is 5.60 Å². The molecule has 1 atom stereocenters. The number of aliphatic hydroxyl groups is 1. The van der Waals surface area contributed by atoms with E-state index in [-0.39, 0.29) is 11.3 Å². The molecule has 1 nitrogen and oxygen atoms in total. The van der Waals surface area contributed by atoms with Gasteiger partial charge in [-0.25, -0.2) is 0 Å². The topological polar surface area (TPSA) is 20.2 Å². The van der Waals surface area contributed by atoms with E-state index in [9.17, 15) is 31.4 Å².